The molecule has 0 amide bonds. The molecular formula is C12H21BrN4. The van der Waals surface area contributed by atoms with Crippen LogP contribution in [0.1, 0.15) is 44.7 Å². The lowest BCUT2D eigenvalue weighted by atomic mass is 9.93. The molecule has 0 aromatic carbocycles. The Kier molecular flexibility index (Phi) is 4.20. The highest BCUT2D eigenvalue weighted by Gasteiger charge is 2.36. The molecule has 1 aliphatic carbocycles. The predicted molar refractivity (Wildman–Crippen MR) is 71.9 cm³/mol. The molecule has 1 aromatic heterocycles. The van der Waals surface area contributed by atoms with E-state index >= 15 is 0 Å². The molecular weight excluding hydrogens is 280 g/mol. The van der Waals surface area contributed by atoms with E-state index in [0.717, 1.165) is 11.1 Å². The fraction of sp³-hybridized carbons (Fsp3) is 0.833. The van der Waals surface area contributed by atoms with Crippen molar-refractivity contribution in [3.8, 4) is 0 Å². The van der Waals surface area contributed by atoms with E-state index in [1.807, 2.05) is 11.7 Å². The van der Waals surface area contributed by atoms with E-state index in [2.05, 4.69) is 45.4 Å². The van der Waals surface area contributed by atoms with Gasteiger partial charge in [0, 0.05) is 19.0 Å². The summed E-state index contributed by atoms with van der Waals surface area (Å²) in [6.45, 7) is 5.67. The maximum absolute atomic E-state index is 4.09. The molecule has 0 saturated heterocycles. The molecule has 0 radical (unpaired) electrons. The van der Waals surface area contributed by atoms with Crippen molar-refractivity contribution in [1.29, 1.82) is 0 Å². The molecule has 3 unspecified atom stereocenters. The Morgan fingerprint density at radius 3 is 2.82 bits per heavy atom. The monoisotopic (exact) mass is 300 g/mol. The van der Waals surface area contributed by atoms with Crippen LogP contribution in [0.4, 0.5) is 0 Å². The van der Waals surface area contributed by atoms with Crippen LogP contribution in [-0.2, 0) is 7.05 Å². The van der Waals surface area contributed by atoms with Gasteiger partial charge in [0.25, 0.3) is 0 Å². The highest BCUT2D eigenvalue weighted by atomic mass is 79.9. The van der Waals surface area contributed by atoms with Gasteiger partial charge in [0.2, 0.25) is 0 Å². The molecule has 1 aliphatic rings. The lowest BCUT2D eigenvalue weighted by Crippen LogP contribution is -2.33. The number of hydrogen-bond acceptors (Lipinski definition) is 3. The molecule has 96 valence electrons. The zero-order valence-electron chi connectivity index (χ0n) is 10.8. The minimum absolute atomic E-state index is 0.568. The number of nitrogens with one attached hydrogen (secondary N) is 1. The van der Waals surface area contributed by atoms with Crippen LogP contribution in [-0.4, -0.2) is 27.6 Å². The molecule has 1 aromatic rings. The molecule has 4 nitrogen and oxygen atoms in total. The number of aromatic nitrogens is 3. The zero-order chi connectivity index (χ0) is 12.4. The van der Waals surface area contributed by atoms with Crippen molar-refractivity contribution in [3.63, 3.8) is 0 Å². The Balaban J connectivity index is 2.09. The van der Waals surface area contributed by atoms with Gasteiger partial charge in [0.05, 0.1) is 5.69 Å². The molecule has 17 heavy (non-hydrogen) atoms. The normalized spacial score (nSPS) is 28.8. The van der Waals surface area contributed by atoms with E-state index in [4.69, 9.17) is 0 Å². The van der Waals surface area contributed by atoms with Crippen LogP contribution in [0.3, 0.4) is 0 Å². The molecule has 5 heteroatoms. The molecule has 1 saturated carbocycles. The second kappa shape index (κ2) is 5.48. The Morgan fingerprint density at radius 2 is 2.24 bits per heavy atom. The largest absolute Gasteiger partial charge is 0.314 e. The lowest BCUT2D eigenvalue weighted by Gasteiger charge is -2.21. The number of halogens is 1. The fourth-order valence-electron chi connectivity index (χ4n) is 2.90. The van der Waals surface area contributed by atoms with Crippen molar-refractivity contribution in [2.45, 2.75) is 45.1 Å². The first kappa shape index (κ1) is 13.0. The third-order valence-electron chi connectivity index (χ3n) is 3.89. The summed E-state index contributed by atoms with van der Waals surface area (Å²) < 4.78 is 2.82. The number of aryl methyl sites for hydroxylation is 1. The summed E-state index contributed by atoms with van der Waals surface area (Å²) in [4.78, 5) is 0. The summed E-state index contributed by atoms with van der Waals surface area (Å²) in [5.74, 6) is 1.22. The summed E-state index contributed by atoms with van der Waals surface area (Å²) in [6.07, 6.45) is 3.68. The fourth-order valence-corrected chi connectivity index (χ4v) is 3.52. The Morgan fingerprint density at radius 1 is 1.47 bits per heavy atom. The van der Waals surface area contributed by atoms with Gasteiger partial charge in [-0.25, -0.2) is 0 Å². The van der Waals surface area contributed by atoms with Crippen LogP contribution < -0.4 is 5.32 Å². The van der Waals surface area contributed by atoms with E-state index in [0.29, 0.717) is 17.9 Å². The van der Waals surface area contributed by atoms with Crippen LogP contribution in [0.15, 0.2) is 4.60 Å². The average molecular weight is 301 g/mol. The first-order valence-electron chi connectivity index (χ1n) is 6.43. The minimum Gasteiger partial charge on any atom is -0.314 e. The van der Waals surface area contributed by atoms with Gasteiger partial charge >= 0.3 is 0 Å². The van der Waals surface area contributed by atoms with Crippen molar-refractivity contribution in [1.82, 2.24) is 20.3 Å². The van der Waals surface area contributed by atoms with Gasteiger partial charge in [-0.05, 0) is 47.7 Å². The van der Waals surface area contributed by atoms with Crippen molar-refractivity contribution >= 4 is 15.9 Å². The van der Waals surface area contributed by atoms with E-state index < -0.39 is 0 Å². The summed E-state index contributed by atoms with van der Waals surface area (Å²) in [5.41, 5.74) is 1.25. The number of nitrogens with zero attached hydrogens (tertiary/aromatic N) is 3. The molecule has 0 bridgehead atoms. The zero-order valence-corrected chi connectivity index (χ0v) is 12.4. The van der Waals surface area contributed by atoms with Gasteiger partial charge in [0.15, 0.2) is 4.60 Å². The highest BCUT2D eigenvalue weighted by molar-refractivity contribution is 9.10. The maximum atomic E-state index is 4.09. The summed E-state index contributed by atoms with van der Waals surface area (Å²) in [6, 6.07) is 0.641. The van der Waals surface area contributed by atoms with Gasteiger partial charge in [0.1, 0.15) is 0 Å². The third kappa shape index (κ3) is 2.55. The maximum Gasteiger partial charge on any atom is 0.151 e. The van der Waals surface area contributed by atoms with Crippen LogP contribution in [0.5, 0.6) is 0 Å². The molecule has 1 N–H and O–H groups in total. The van der Waals surface area contributed by atoms with Gasteiger partial charge in [-0.3, -0.25) is 4.68 Å². The van der Waals surface area contributed by atoms with Crippen molar-refractivity contribution in [3.05, 3.63) is 10.3 Å². The second-order valence-corrected chi connectivity index (χ2v) is 5.74. The summed E-state index contributed by atoms with van der Waals surface area (Å²) >= 11 is 3.51. The molecule has 1 heterocycles. The molecule has 1 fully saturated rings. The Labute approximate surface area is 111 Å². The predicted octanol–water partition coefficient (Wildman–Crippen LogP) is 2.46. The van der Waals surface area contributed by atoms with E-state index in [9.17, 15) is 0 Å². The van der Waals surface area contributed by atoms with E-state index in [-0.39, 0.29) is 0 Å². The molecule has 2 rings (SSSR count). The van der Waals surface area contributed by atoms with E-state index in [1.54, 1.807) is 0 Å². The Hall–Kier alpha value is -0.420. The molecule has 0 aliphatic heterocycles. The third-order valence-corrected chi connectivity index (χ3v) is 4.46. The first-order chi connectivity index (χ1) is 8.15. The van der Waals surface area contributed by atoms with Gasteiger partial charge in [-0.15, -0.1) is 5.10 Å². The van der Waals surface area contributed by atoms with Crippen LogP contribution in [0.25, 0.3) is 0 Å². The van der Waals surface area contributed by atoms with Gasteiger partial charge < -0.3 is 5.32 Å². The number of rotatable bonds is 4. The summed E-state index contributed by atoms with van der Waals surface area (Å²) in [5, 5.41) is 11.8. The van der Waals surface area contributed by atoms with Crippen LogP contribution in [0.2, 0.25) is 0 Å². The topological polar surface area (TPSA) is 42.7 Å². The first-order valence-corrected chi connectivity index (χ1v) is 7.22. The lowest BCUT2D eigenvalue weighted by molar-refractivity contribution is 0.395. The Bertz CT molecular complexity index is 357. The molecule has 3 atom stereocenters. The van der Waals surface area contributed by atoms with Crippen molar-refractivity contribution in [2.75, 3.05) is 6.54 Å². The SMILES string of the molecule is CCCNC1CCC(c2c(Br)nnn2C)C1C. The number of hydrogen-bond donors (Lipinski definition) is 1. The van der Waals surface area contributed by atoms with Crippen molar-refractivity contribution < 1.29 is 0 Å². The second-order valence-electron chi connectivity index (χ2n) is 4.99. The molecule has 0 spiro atoms. The van der Waals surface area contributed by atoms with Gasteiger partial charge in [-0.1, -0.05) is 19.1 Å². The standard InChI is InChI=1S/C12H21BrN4/c1-4-7-14-10-6-5-9(8(10)2)11-12(13)15-16-17(11)3/h8-10,14H,4-7H2,1-3H3. The summed E-state index contributed by atoms with van der Waals surface area (Å²) in [7, 11) is 1.98. The van der Waals surface area contributed by atoms with Gasteiger partial charge in [-0.2, -0.15) is 0 Å². The minimum atomic E-state index is 0.568. The quantitative estimate of drug-likeness (QED) is 0.929. The average Bonchev–Trinajstić information content (AvgIpc) is 2.81. The van der Waals surface area contributed by atoms with Crippen LogP contribution >= 0.6 is 15.9 Å². The van der Waals surface area contributed by atoms with Crippen LogP contribution in [0, 0.1) is 5.92 Å². The highest BCUT2D eigenvalue weighted by Crippen LogP contribution is 2.41. The van der Waals surface area contributed by atoms with E-state index in [1.165, 1.54) is 25.0 Å². The van der Waals surface area contributed by atoms with Crippen molar-refractivity contribution in [2.24, 2.45) is 13.0 Å². The smallest absolute Gasteiger partial charge is 0.151 e.